The summed E-state index contributed by atoms with van der Waals surface area (Å²) in [5.74, 6) is 2.53. The molecule has 3 aliphatic carbocycles. The maximum atomic E-state index is 13.3. The van der Waals surface area contributed by atoms with Gasteiger partial charge >= 0.3 is 15.6 Å². The van der Waals surface area contributed by atoms with Gasteiger partial charge in [0.1, 0.15) is 5.75 Å². The topological polar surface area (TPSA) is 89.5 Å². The fraction of sp³-hybridized carbons (Fsp3) is 0.793. The number of rotatable bonds is 14. The molecule has 39 heavy (non-hydrogen) atoms. The maximum absolute atomic E-state index is 13.3. The smallest absolute Gasteiger partial charge is 0.404 e. The van der Waals surface area contributed by atoms with Crippen molar-refractivity contribution in [3.8, 4) is 5.75 Å². The van der Waals surface area contributed by atoms with E-state index in [1.54, 1.807) is 13.8 Å². The van der Waals surface area contributed by atoms with Gasteiger partial charge in [-0.25, -0.2) is 9.13 Å². The maximum Gasteiger partial charge on any atom is 0.530 e. The Morgan fingerprint density at radius 2 is 1.51 bits per heavy atom. The van der Waals surface area contributed by atoms with E-state index in [0.717, 1.165) is 44.9 Å². The molecule has 0 aromatic heterocycles. The zero-order valence-electron chi connectivity index (χ0n) is 24.6. The monoisotopic (exact) mass is 586 g/mol. The molecule has 0 bridgehead atoms. The quantitative estimate of drug-likeness (QED) is 0.200. The van der Waals surface area contributed by atoms with Crippen LogP contribution < -0.4 is 4.52 Å². The molecular formula is C29H48O8P2. The number of fused-ring (bicyclic) bond motifs is 5. The summed E-state index contributed by atoms with van der Waals surface area (Å²) in [4.78, 5) is 0. The van der Waals surface area contributed by atoms with E-state index in [-0.39, 0.29) is 24.7 Å². The zero-order chi connectivity index (χ0) is 28.3. The average molecular weight is 587 g/mol. The highest BCUT2D eigenvalue weighted by molar-refractivity contribution is 7.49. The van der Waals surface area contributed by atoms with Crippen LogP contribution >= 0.6 is 15.6 Å². The first-order valence-corrected chi connectivity index (χ1v) is 17.9. The molecule has 10 heteroatoms. The van der Waals surface area contributed by atoms with Crippen LogP contribution in [-0.4, -0.2) is 32.5 Å². The van der Waals surface area contributed by atoms with Crippen molar-refractivity contribution in [1.82, 2.24) is 0 Å². The molecule has 1 aromatic carbocycles. The number of phosphoric ester groups is 2. The van der Waals surface area contributed by atoms with Crippen LogP contribution in [0.3, 0.4) is 0 Å². The minimum atomic E-state index is -3.65. The molecule has 0 aliphatic heterocycles. The first-order valence-electron chi connectivity index (χ1n) is 14.9. The number of hydrogen-bond donors (Lipinski definition) is 0. The number of hydrogen-bond acceptors (Lipinski definition) is 8. The van der Waals surface area contributed by atoms with Gasteiger partial charge in [0.15, 0.2) is 0 Å². The van der Waals surface area contributed by atoms with Gasteiger partial charge in [-0.05, 0) is 112 Å². The van der Waals surface area contributed by atoms with E-state index in [0.29, 0.717) is 42.6 Å². The third-order valence-corrected chi connectivity index (χ3v) is 12.3. The zero-order valence-corrected chi connectivity index (χ0v) is 26.3. The lowest BCUT2D eigenvalue weighted by Gasteiger charge is -2.53. The van der Waals surface area contributed by atoms with Crippen molar-refractivity contribution in [2.45, 2.75) is 98.5 Å². The van der Waals surface area contributed by atoms with Gasteiger partial charge in [-0.1, -0.05) is 32.8 Å². The van der Waals surface area contributed by atoms with Gasteiger partial charge in [0.25, 0.3) is 0 Å². The highest BCUT2D eigenvalue weighted by atomic mass is 31.2. The van der Waals surface area contributed by atoms with Gasteiger partial charge < -0.3 is 4.52 Å². The van der Waals surface area contributed by atoms with E-state index in [4.69, 9.17) is 27.1 Å². The van der Waals surface area contributed by atoms with Crippen molar-refractivity contribution >= 4 is 15.6 Å². The van der Waals surface area contributed by atoms with Gasteiger partial charge in [-0.15, -0.1) is 0 Å². The minimum absolute atomic E-state index is 0.0702. The Labute approximate surface area is 235 Å². The van der Waals surface area contributed by atoms with Crippen LogP contribution in [0, 0.1) is 23.2 Å². The molecule has 222 valence electrons. The summed E-state index contributed by atoms with van der Waals surface area (Å²) < 4.78 is 60.1. The number of benzene rings is 1. The minimum Gasteiger partial charge on any atom is -0.404 e. The fourth-order valence-corrected chi connectivity index (χ4v) is 10.4. The molecule has 0 amide bonds. The first-order chi connectivity index (χ1) is 18.7. The summed E-state index contributed by atoms with van der Waals surface area (Å²) in [7, 11) is -7.23. The van der Waals surface area contributed by atoms with E-state index >= 15 is 0 Å². The molecule has 4 rings (SSSR count). The molecule has 0 radical (unpaired) electrons. The fourth-order valence-electron chi connectivity index (χ4n) is 7.71. The molecule has 0 heterocycles. The summed E-state index contributed by atoms with van der Waals surface area (Å²) in [6.45, 7) is 12.9. The lowest BCUT2D eigenvalue weighted by atomic mass is 9.52. The van der Waals surface area contributed by atoms with E-state index in [9.17, 15) is 9.13 Å². The van der Waals surface area contributed by atoms with Crippen LogP contribution in [0.1, 0.15) is 97.1 Å². The van der Waals surface area contributed by atoms with Crippen LogP contribution in [0.15, 0.2) is 18.2 Å². The predicted molar refractivity (Wildman–Crippen MR) is 152 cm³/mol. The summed E-state index contributed by atoms with van der Waals surface area (Å²) in [5.41, 5.74) is 2.58. The third-order valence-electron chi connectivity index (χ3n) is 9.07. The SMILES string of the molecule is CCC[C@@H]1Cc2cc(OP(=O)(OCC)OCC)ccc2[C@H]2CC[C@]3(C)[C@@H](OP(=O)(OCC)OCC)CC[C@H]3[C@H]12. The molecule has 0 unspecified atom stereocenters. The second kappa shape index (κ2) is 13.1. The molecule has 1 aromatic rings. The Morgan fingerprint density at radius 3 is 2.13 bits per heavy atom. The van der Waals surface area contributed by atoms with E-state index in [2.05, 4.69) is 19.9 Å². The molecule has 6 atom stereocenters. The van der Waals surface area contributed by atoms with Crippen molar-refractivity contribution in [1.29, 1.82) is 0 Å². The first kappa shape index (κ1) is 31.2. The number of phosphoric acid groups is 2. The van der Waals surface area contributed by atoms with Gasteiger partial charge in [-0.3, -0.25) is 22.6 Å². The van der Waals surface area contributed by atoms with Crippen LogP contribution in [0.2, 0.25) is 0 Å². The third kappa shape index (κ3) is 6.53. The summed E-state index contributed by atoms with van der Waals surface area (Å²) >= 11 is 0. The second-order valence-corrected chi connectivity index (χ2v) is 14.5. The Hall–Kier alpha value is -0.720. The van der Waals surface area contributed by atoms with Gasteiger partial charge in [0, 0.05) is 0 Å². The molecular weight excluding hydrogens is 538 g/mol. The molecule has 0 N–H and O–H groups in total. The van der Waals surface area contributed by atoms with Crippen molar-refractivity contribution in [3.63, 3.8) is 0 Å². The highest BCUT2D eigenvalue weighted by Crippen LogP contribution is 2.66. The predicted octanol–water partition coefficient (Wildman–Crippen LogP) is 8.70. The molecule has 2 saturated carbocycles. The van der Waals surface area contributed by atoms with E-state index < -0.39 is 15.6 Å². The molecule has 0 saturated heterocycles. The van der Waals surface area contributed by atoms with Crippen LogP contribution in [0.5, 0.6) is 5.75 Å². The van der Waals surface area contributed by atoms with Crippen molar-refractivity contribution < 1.29 is 36.3 Å². The van der Waals surface area contributed by atoms with Crippen LogP contribution in [0.4, 0.5) is 0 Å². The molecule has 3 aliphatic rings. The van der Waals surface area contributed by atoms with Crippen molar-refractivity contribution in [2.24, 2.45) is 23.2 Å². The molecule has 8 nitrogen and oxygen atoms in total. The van der Waals surface area contributed by atoms with Gasteiger partial charge in [0.2, 0.25) is 0 Å². The summed E-state index contributed by atoms with van der Waals surface area (Å²) in [6.07, 6.45) is 7.08. The van der Waals surface area contributed by atoms with E-state index in [1.807, 2.05) is 26.0 Å². The highest BCUT2D eigenvalue weighted by Gasteiger charge is 2.58. The van der Waals surface area contributed by atoms with Gasteiger partial charge in [0.05, 0.1) is 32.5 Å². The lowest BCUT2D eigenvalue weighted by Crippen LogP contribution is -2.47. The van der Waals surface area contributed by atoms with Crippen LogP contribution in [-0.2, 0) is 38.2 Å². The molecule has 0 spiro atoms. The van der Waals surface area contributed by atoms with Gasteiger partial charge in [-0.2, -0.15) is 0 Å². The van der Waals surface area contributed by atoms with Crippen molar-refractivity contribution in [3.05, 3.63) is 29.3 Å². The van der Waals surface area contributed by atoms with E-state index in [1.165, 1.54) is 11.1 Å². The Morgan fingerprint density at radius 1 is 0.872 bits per heavy atom. The molecule has 2 fully saturated rings. The average Bonchev–Trinajstić information content (AvgIpc) is 3.20. The standard InChI is InChI=1S/C29H48O8P2/c1-7-12-21-19-22-20-23(36-38(30,32-8-2)33-9-3)13-14-24(22)25-17-18-29(6)26(28(21)25)15-16-27(29)37-39(31,34-10-4)35-11-5/h13-14,20-21,25-28H,7-12,15-19H2,1-6H3/t21-,25-,26+,27+,28-,29+/m1/s1. The second-order valence-electron chi connectivity index (χ2n) is 11.3. The Balaban J connectivity index is 1.60. The summed E-state index contributed by atoms with van der Waals surface area (Å²) in [6, 6.07) is 6.12. The summed E-state index contributed by atoms with van der Waals surface area (Å²) in [5, 5.41) is 0. The largest absolute Gasteiger partial charge is 0.530 e. The Kier molecular flexibility index (Phi) is 10.5. The van der Waals surface area contributed by atoms with Crippen LogP contribution in [0.25, 0.3) is 0 Å². The lowest BCUT2D eigenvalue weighted by molar-refractivity contribution is -0.0435. The normalized spacial score (nSPS) is 30.5. The van der Waals surface area contributed by atoms with Crippen molar-refractivity contribution in [2.75, 3.05) is 26.4 Å². The Bertz CT molecular complexity index is 1040.